The lowest BCUT2D eigenvalue weighted by Crippen LogP contribution is -2.15. The van der Waals surface area contributed by atoms with Crippen LogP contribution < -0.4 is 10.1 Å². The van der Waals surface area contributed by atoms with Crippen LogP contribution >= 0.6 is 0 Å². The topological polar surface area (TPSA) is 119 Å². The summed E-state index contributed by atoms with van der Waals surface area (Å²) in [5.41, 5.74) is 1.39. The van der Waals surface area contributed by atoms with Crippen LogP contribution in [-0.2, 0) is 6.42 Å². The van der Waals surface area contributed by atoms with Crippen molar-refractivity contribution in [3.8, 4) is 22.6 Å². The Morgan fingerprint density at radius 2 is 1.66 bits per heavy atom. The Morgan fingerprint density at radius 3 is 2.34 bits per heavy atom. The molecular formula is C29H23FN2O6. The van der Waals surface area contributed by atoms with E-state index in [0.29, 0.717) is 16.9 Å². The molecule has 0 aromatic heterocycles. The number of nitrogens with one attached hydrogen (secondary N) is 1. The number of halogens is 1. The van der Waals surface area contributed by atoms with Crippen LogP contribution in [0.3, 0.4) is 0 Å². The van der Waals surface area contributed by atoms with E-state index in [2.05, 4.69) is 5.32 Å². The number of para-hydroxylation sites is 1. The zero-order chi connectivity index (χ0) is 27.2. The van der Waals surface area contributed by atoms with Gasteiger partial charge in [0, 0.05) is 11.6 Å². The van der Waals surface area contributed by atoms with E-state index in [1.54, 1.807) is 18.2 Å². The molecule has 0 unspecified atom stereocenters. The number of ether oxygens (including phenoxy) is 1. The molecule has 4 aromatic rings. The molecule has 0 saturated carbocycles. The van der Waals surface area contributed by atoms with Gasteiger partial charge in [0.15, 0.2) is 0 Å². The summed E-state index contributed by atoms with van der Waals surface area (Å²) >= 11 is 0. The van der Waals surface area contributed by atoms with Gasteiger partial charge in [-0.25, -0.2) is 9.18 Å². The molecule has 4 rings (SSSR count). The molecule has 192 valence electrons. The van der Waals surface area contributed by atoms with Crippen LogP contribution in [-0.4, -0.2) is 21.9 Å². The zero-order valence-corrected chi connectivity index (χ0v) is 20.3. The third-order valence-corrected chi connectivity index (χ3v) is 5.81. The molecule has 0 aliphatic carbocycles. The lowest BCUT2D eigenvalue weighted by atomic mass is 10.0. The second-order valence-electron chi connectivity index (χ2n) is 8.43. The molecule has 0 aliphatic heterocycles. The molecule has 8 nitrogen and oxygen atoms in total. The number of amides is 1. The Hall–Kier alpha value is -5.05. The standard InChI is InChI=1S/C29H23FN2O6/c1-2-5-19-6-3-4-7-26(19)38-27-15-11-21(17-25(27)32(36)37)28(33)31-24-16-20(10-14-23(24)29(34)35)18-8-12-22(30)13-9-18/h3-4,6-17H,2,5H2,1H3,(H,31,33)(H,34,35). The Kier molecular flexibility index (Phi) is 7.77. The number of aryl methyl sites for hydroxylation is 1. The molecule has 2 N–H and O–H groups in total. The summed E-state index contributed by atoms with van der Waals surface area (Å²) in [5.74, 6) is -1.98. The second kappa shape index (κ2) is 11.3. The number of nitro benzene ring substituents is 1. The number of carboxylic acid groups (broad SMARTS) is 1. The van der Waals surface area contributed by atoms with Gasteiger partial charge in [-0.1, -0.05) is 49.7 Å². The lowest BCUT2D eigenvalue weighted by molar-refractivity contribution is -0.385. The summed E-state index contributed by atoms with van der Waals surface area (Å²) in [5, 5.41) is 23.9. The number of hydrogen-bond donors (Lipinski definition) is 2. The molecule has 0 aliphatic rings. The highest BCUT2D eigenvalue weighted by atomic mass is 19.1. The van der Waals surface area contributed by atoms with Crippen LogP contribution in [0.5, 0.6) is 11.5 Å². The maximum atomic E-state index is 13.3. The van der Waals surface area contributed by atoms with Crippen LogP contribution in [0.25, 0.3) is 11.1 Å². The summed E-state index contributed by atoms with van der Waals surface area (Å²) < 4.78 is 19.2. The molecule has 38 heavy (non-hydrogen) atoms. The van der Waals surface area contributed by atoms with E-state index in [1.807, 2.05) is 19.1 Å². The largest absolute Gasteiger partial charge is 0.478 e. The summed E-state index contributed by atoms with van der Waals surface area (Å²) in [4.78, 5) is 36.0. The fourth-order valence-electron chi connectivity index (χ4n) is 3.94. The van der Waals surface area contributed by atoms with E-state index in [1.165, 1.54) is 48.5 Å². The molecule has 0 fully saturated rings. The van der Waals surface area contributed by atoms with Gasteiger partial charge in [-0.2, -0.15) is 0 Å². The maximum absolute atomic E-state index is 13.3. The van der Waals surface area contributed by atoms with E-state index >= 15 is 0 Å². The van der Waals surface area contributed by atoms with E-state index in [4.69, 9.17) is 4.74 Å². The first-order valence-electron chi connectivity index (χ1n) is 11.8. The fraction of sp³-hybridized carbons (Fsp3) is 0.103. The average molecular weight is 515 g/mol. The van der Waals surface area contributed by atoms with Gasteiger partial charge < -0.3 is 15.2 Å². The number of carbonyl (C=O) groups excluding carboxylic acids is 1. The van der Waals surface area contributed by atoms with Crippen molar-refractivity contribution in [2.24, 2.45) is 0 Å². The minimum atomic E-state index is -1.27. The fourth-order valence-corrected chi connectivity index (χ4v) is 3.94. The van der Waals surface area contributed by atoms with Crippen molar-refractivity contribution in [1.82, 2.24) is 0 Å². The third kappa shape index (κ3) is 5.84. The number of nitrogens with zero attached hydrogens (tertiary/aromatic N) is 1. The van der Waals surface area contributed by atoms with Crippen molar-refractivity contribution >= 4 is 23.3 Å². The highest BCUT2D eigenvalue weighted by Crippen LogP contribution is 2.34. The van der Waals surface area contributed by atoms with E-state index in [-0.39, 0.29) is 22.6 Å². The molecule has 0 heterocycles. The number of aromatic carboxylic acids is 1. The number of anilines is 1. The van der Waals surface area contributed by atoms with Crippen LogP contribution in [0, 0.1) is 15.9 Å². The van der Waals surface area contributed by atoms with Crippen LogP contribution in [0.4, 0.5) is 15.8 Å². The Bertz CT molecular complexity index is 1520. The summed E-state index contributed by atoms with van der Waals surface area (Å²) in [6, 6.07) is 20.9. The van der Waals surface area contributed by atoms with Gasteiger partial charge in [0.2, 0.25) is 5.75 Å². The van der Waals surface area contributed by atoms with Crippen LogP contribution in [0.2, 0.25) is 0 Å². The van der Waals surface area contributed by atoms with Gasteiger partial charge in [0.05, 0.1) is 16.2 Å². The Labute approximate surface area is 217 Å². The van der Waals surface area contributed by atoms with Gasteiger partial charge in [0.25, 0.3) is 5.91 Å². The predicted molar refractivity (Wildman–Crippen MR) is 140 cm³/mol. The molecule has 0 bridgehead atoms. The van der Waals surface area contributed by atoms with E-state index < -0.39 is 28.3 Å². The van der Waals surface area contributed by atoms with Crippen molar-refractivity contribution in [1.29, 1.82) is 0 Å². The third-order valence-electron chi connectivity index (χ3n) is 5.81. The van der Waals surface area contributed by atoms with Crippen LogP contribution in [0.1, 0.15) is 39.6 Å². The number of carbonyl (C=O) groups is 2. The summed E-state index contributed by atoms with van der Waals surface area (Å²) in [6.45, 7) is 2.01. The highest BCUT2D eigenvalue weighted by Gasteiger charge is 2.22. The van der Waals surface area contributed by atoms with Gasteiger partial charge in [-0.3, -0.25) is 14.9 Å². The summed E-state index contributed by atoms with van der Waals surface area (Å²) in [7, 11) is 0. The van der Waals surface area contributed by atoms with Gasteiger partial charge in [-0.15, -0.1) is 0 Å². The molecule has 9 heteroatoms. The SMILES string of the molecule is CCCc1ccccc1Oc1ccc(C(=O)Nc2cc(-c3ccc(F)cc3)ccc2C(=O)O)cc1[N+](=O)[O-]. The zero-order valence-electron chi connectivity index (χ0n) is 20.3. The van der Waals surface area contributed by atoms with Crippen molar-refractivity contribution in [2.75, 3.05) is 5.32 Å². The maximum Gasteiger partial charge on any atom is 0.337 e. The first-order valence-corrected chi connectivity index (χ1v) is 11.8. The summed E-state index contributed by atoms with van der Waals surface area (Å²) in [6.07, 6.45) is 1.59. The monoisotopic (exact) mass is 514 g/mol. The molecule has 0 radical (unpaired) electrons. The van der Waals surface area contributed by atoms with Crippen molar-refractivity contribution in [2.45, 2.75) is 19.8 Å². The van der Waals surface area contributed by atoms with Crippen molar-refractivity contribution < 1.29 is 28.7 Å². The molecule has 0 saturated heterocycles. The van der Waals surface area contributed by atoms with Crippen molar-refractivity contribution in [3.63, 3.8) is 0 Å². The molecular weight excluding hydrogens is 491 g/mol. The molecule has 1 amide bonds. The Morgan fingerprint density at radius 1 is 0.947 bits per heavy atom. The first kappa shape index (κ1) is 26.0. The molecule has 0 atom stereocenters. The second-order valence-corrected chi connectivity index (χ2v) is 8.43. The number of benzene rings is 4. The number of nitro groups is 1. The van der Waals surface area contributed by atoms with Gasteiger partial charge >= 0.3 is 11.7 Å². The van der Waals surface area contributed by atoms with Gasteiger partial charge in [-0.05, 0) is 65.6 Å². The normalized spacial score (nSPS) is 10.6. The Balaban J connectivity index is 1.65. The first-order chi connectivity index (χ1) is 18.3. The smallest absolute Gasteiger partial charge is 0.337 e. The minimum absolute atomic E-state index is 0.0132. The average Bonchev–Trinajstić information content (AvgIpc) is 2.90. The predicted octanol–water partition coefficient (Wildman–Crippen LogP) is 7.10. The number of carboxylic acids is 1. The van der Waals surface area contributed by atoms with E-state index in [0.717, 1.165) is 24.5 Å². The molecule has 0 spiro atoms. The number of rotatable bonds is 9. The lowest BCUT2D eigenvalue weighted by Gasteiger charge is -2.13. The van der Waals surface area contributed by atoms with Gasteiger partial charge in [0.1, 0.15) is 11.6 Å². The number of hydrogen-bond acceptors (Lipinski definition) is 5. The minimum Gasteiger partial charge on any atom is -0.478 e. The van der Waals surface area contributed by atoms with Crippen LogP contribution in [0.15, 0.2) is 84.9 Å². The molecule has 4 aromatic carbocycles. The quantitative estimate of drug-likeness (QED) is 0.182. The van der Waals surface area contributed by atoms with Crippen molar-refractivity contribution in [3.05, 3.63) is 118 Å². The highest BCUT2D eigenvalue weighted by molar-refractivity contribution is 6.08. The van der Waals surface area contributed by atoms with E-state index in [9.17, 15) is 29.2 Å².